The van der Waals surface area contributed by atoms with E-state index in [0.29, 0.717) is 36.9 Å². The van der Waals surface area contributed by atoms with Crippen molar-refractivity contribution >= 4 is 5.97 Å². The minimum absolute atomic E-state index is 0.332. The van der Waals surface area contributed by atoms with E-state index in [4.69, 9.17) is 14.2 Å². The quantitative estimate of drug-likeness (QED) is 0.189. The summed E-state index contributed by atoms with van der Waals surface area (Å²) in [6.45, 7) is 7.95. The molecular formula is C25H42O4. The van der Waals surface area contributed by atoms with E-state index < -0.39 is 0 Å². The molecule has 0 amide bonds. The molecule has 29 heavy (non-hydrogen) atoms. The Hall–Kier alpha value is -1.71. The predicted molar refractivity (Wildman–Crippen MR) is 120 cm³/mol. The smallest absolute Gasteiger partial charge is 0.338 e. The van der Waals surface area contributed by atoms with Crippen molar-refractivity contribution in [3.8, 4) is 11.5 Å². The Morgan fingerprint density at radius 2 is 1.10 bits per heavy atom. The molecule has 0 saturated heterocycles. The summed E-state index contributed by atoms with van der Waals surface area (Å²) in [6.07, 6.45) is 14.7. The van der Waals surface area contributed by atoms with Crippen LogP contribution in [0.1, 0.15) is 108 Å². The van der Waals surface area contributed by atoms with Gasteiger partial charge in [0.05, 0.1) is 25.4 Å². The van der Waals surface area contributed by atoms with Gasteiger partial charge in [0, 0.05) is 6.07 Å². The van der Waals surface area contributed by atoms with Gasteiger partial charge in [0.25, 0.3) is 0 Å². The lowest BCUT2D eigenvalue weighted by Crippen LogP contribution is -2.07. The van der Waals surface area contributed by atoms with Crippen LogP contribution in [0.3, 0.4) is 0 Å². The van der Waals surface area contributed by atoms with Crippen LogP contribution in [0, 0.1) is 0 Å². The van der Waals surface area contributed by atoms with Crippen LogP contribution in [0.2, 0.25) is 0 Å². The lowest BCUT2D eigenvalue weighted by atomic mass is 10.1. The van der Waals surface area contributed by atoms with Gasteiger partial charge in [0.2, 0.25) is 0 Å². The number of benzene rings is 1. The molecule has 0 aromatic heterocycles. The fourth-order valence-corrected chi connectivity index (χ4v) is 3.22. The molecule has 0 aliphatic heterocycles. The molecule has 0 atom stereocenters. The summed E-state index contributed by atoms with van der Waals surface area (Å²) < 4.78 is 17.0. The molecule has 0 aliphatic carbocycles. The Labute approximate surface area is 178 Å². The average Bonchev–Trinajstić information content (AvgIpc) is 2.72. The van der Waals surface area contributed by atoms with Crippen molar-refractivity contribution in [2.45, 2.75) is 97.8 Å². The predicted octanol–water partition coefficient (Wildman–Crippen LogP) is 7.34. The van der Waals surface area contributed by atoms with Crippen molar-refractivity contribution in [3.05, 3.63) is 23.8 Å². The van der Waals surface area contributed by atoms with E-state index in [1.54, 1.807) is 12.1 Å². The van der Waals surface area contributed by atoms with E-state index in [0.717, 1.165) is 12.8 Å². The average molecular weight is 407 g/mol. The van der Waals surface area contributed by atoms with Crippen molar-refractivity contribution in [2.24, 2.45) is 0 Å². The zero-order valence-electron chi connectivity index (χ0n) is 19.0. The van der Waals surface area contributed by atoms with Crippen LogP contribution in [-0.2, 0) is 4.74 Å². The van der Waals surface area contributed by atoms with Crippen molar-refractivity contribution in [3.63, 3.8) is 0 Å². The van der Waals surface area contributed by atoms with Gasteiger partial charge in [-0.1, -0.05) is 78.1 Å². The van der Waals surface area contributed by atoms with Gasteiger partial charge in [-0.05, 0) is 31.9 Å². The summed E-state index contributed by atoms with van der Waals surface area (Å²) >= 11 is 0. The molecule has 4 heteroatoms. The highest BCUT2D eigenvalue weighted by Gasteiger charge is 2.11. The molecular weight excluding hydrogens is 364 g/mol. The van der Waals surface area contributed by atoms with E-state index >= 15 is 0 Å². The lowest BCUT2D eigenvalue weighted by Gasteiger charge is -2.12. The van der Waals surface area contributed by atoms with Gasteiger partial charge in [-0.3, -0.25) is 0 Å². The second kappa shape index (κ2) is 17.2. The summed E-state index contributed by atoms with van der Waals surface area (Å²) in [7, 11) is 0. The molecule has 0 aliphatic rings. The Kier molecular flexibility index (Phi) is 15.0. The molecule has 0 bridgehead atoms. The third-order valence-corrected chi connectivity index (χ3v) is 4.92. The zero-order chi connectivity index (χ0) is 21.2. The number of carbonyl (C=O) groups excluding carboxylic acids is 1. The Morgan fingerprint density at radius 1 is 0.655 bits per heavy atom. The Balaban J connectivity index is 2.50. The van der Waals surface area contributed by atoms with E-state index in [-0.39, 0.29) is 5.97 Å². The van der Waals surface area contributed by atoms with Crippen molar-refractivity contribution < 1.29 is 19.0 Å². The van der Waals surface area contributed by atoms with Crippen LogP contribution < -0.4 is 9.47 Å². The lowest BCUT2D eigenvalue weighted by molar-refractivity contribution is 0.0525. The Bertz CT molecular complexity index is 505. The number of ether oxygens (including phenoxy) is 3. The molecule has 166 valence electrons. The first kappa shape index (κ1) is 25.3. The molecule has 4 nitrogen and oxygen atoms in total. The number of rotatable bonds is 18. The highest BCUT2D eigenvalue weighted by atomic mass is 16.5. The third kappa shape index (κ3) is 12.5. The Morgan fingerprint density at radius 3 is 1.55 bits per heavy atom. The minimum Gasteiger partial charge on any atom is -0.493 e. The number of hydrogen-bond donors (Lipinski definition) is 0. The molecule has 1 aromatic rings. The van der Waals surface area contributed by atoms with Crippen LogP contribution in [0.4, 0.5) is 0 Å². The summed E-state index contributed by atoms with van der Waals surface area (Å²) in [4.78, 5) is 12.2. The summed E-state index contributed by atoms with van der Waals surface area (Å²) in [6, 6.07) is 5.40. The maximum atomic E-state index is 12.2. The van der Waals surface area contributed by atoms with E-state index in [2.05, 4.69) is 13.8 Å². The standard InChI is InChI=1S/C25H42O4/c1-4-7-9-11-13-15-17-28-23-19-22(25(26)27-6-3)20-24(21-23)29-18-16-14-12-10-8-5-2/h19-21H,4-18H2,1-3H3. The summed E-state index contributed by atoms with van der Waals surface area (Å²) in [5.74, 6) is 1.03. The van der Waals surface area contributed by atoms with Crippen molar-refractivity contribution in [2.75, 3.05) is 19.8 Å². The van der Waals surface area contributed by atoms with Crippen LogP contribution in [0.15, 0.2) is 18.2 Å². The maximum Gasteiger partial charge on any atom is 0.338 e. The van der Waals surface area contributed by atoms with Crippen LogP contribution in [0.5, 0.6) is 11.5 Å². The van der Waals surface area contributed by atoms with Gasteiger partial charge < -0.3 is 14.2 Å². The molecule has 0 spiro atoms. The number of carbonyl (C=O) groups is 1. The van der Waals surface area contributed by atoms with Gasteiger partial charge in [-0.25, -0.2) is 4.79 Å². The number of unbranched alkanes of at least 4 members (excludes halogenated alkanes) is 10. The second-order valence-electron chi connectivity index (χ2n) is 7.65. The van der Waals surface area contributed by atoms with Gasteiger partial charge in [-0.15, -0.1) is 0 Å². The SMILES string of the molecule is CCCCCCCCOc1cc(OCCCCCCCC)cc(C(=O)OCC)c1. The van der Waals surface area contributed by atoms with Crippen LogP contribution in [-0.4, -0.2) is 25.8 Å². The van der Waals surface area contributed by atoms with E-state index in [9.17, 15) is 4.79 Å². The van der Waals surface area contributed by atoms with Crippen LogP contribution >= 0.6 is 0 Å². The summed E-state index contributed by atoms with van der Waals surface area (Å²) in [5.41, 5.74) is 0.491. The number of hydrogen-bond acceptors (Lipinski definition) is 4. The molecule has 1 rings (SSSR count). The van der Waals surface area contributed by atoms with Gasteiger partial charge in [0.1, 0.15) is 11.5 Å². The van der Waals surface area contributed by atoms with Gasteiger partial charge in [-0.2, -0.15) is 0 Å². The largest absolute Gasteiger partial charge is 0.493 e. The van der Waals surface area contributed by atoms with Crippen molar-refractivity contribution in [1.29, 1.82) is 0 Å². The van der Waals surface area contributed by atoms with E-state index in [1.807, 2.05) is 13.0 Å². The molecule has 0 N–H and O–H groups in total. The topological polar surface area (TPSA) is 44.8 Å². The van der Waals surface area contributed by atoms with Crippen LogP contribution in [0.25, 0.3) is 0 Å². The normalized spacial score (nSPS) is 10.7. The first-order valence-electron chi connectivity index (χ1n) is 11.8. The third-order valence-electron chi connectivity index (χ3n) is 4.92. The first-order valence-corrected chi connectivity index (χ1v) is 11.8. The highest BCUT2D eigenvalue weighted by Crippen LogP contribution is 2.24. The van der Waals surface area contributed by atoms with Gasteiger partial charge >= 0.3 is 5.97 Å². The molecule has 0 unspecified atom stereocenters. The monoisotopic (exact) mass is 406 g/mol. The molecule has 0 saturated carbocycles. The first-order chi connectivity index (χ1) is 14.2. The fraction of sp³-hybridized carbons (Fsp3) is 0.720. The molecule has 0 radical (unpaired) electrons. The van der Waals surface area contributed by atoms with E-state index in [1.165, 1.54) is 64.2 Å². The summed E-state index contributed by atoms with van der Waals surface area (Å²) in [5, 5.41) is 0. The molecule has 0 fully saturated rings. The maximum absolute atomic E-state index is 12.2. The fourth-order valence-electron chi connectivity index (χ4n) is 3.22. The number of esters is 1. The molecule has 1 aromatic carbocycles. The highest BCUT2D eigenvalue weighted by molar-refractivity contribution is 5.90. The molecule has 0 heterocycles. The van der Waals surface area contributed by atoms with Gasteiger partial charge in [0.15, 0.2) is 0 Å². The zero-order valence-corrected chi connectivity index (χ0v) is 19.0. The second-order valence-corrected chi connectivity index (χ2v) is 7.65. The minimum atomic E-state index is -0.332. The van der Waals surface area contributed by atoms with Crippen molar-refractivity contribution in [1.82, 2.24) is 0 Å².